The first-order chi connectivity index (χ1) is 13.7. The van der Waals surface area contributed by atoms with Crippen molar-refractivity contribution >= 4 is 16.1 Å². The van der Waals surface area contributed by atoms with Gasteiger partial charge in [-0.25, -0.2) is 17.5 Å². The van der Waals surface area contributed by atoms with Crippen LogP contribution in [0.4, 0.5) is 13.6 Å². The van der Waals surface area contributed by atoms with Crippen LogP contribution in [0.3, 0.4) is 0 Å². The number of carbonyl (C=O) groups excluding carboxylic acids is 1. The van der Waals surface area contributed by atoms with Gasteiger partial charge in [-0.2, -0.15) is 24.2 Å². The summed E-state index contributed by atoms with van der Waals surface area (Å²) in [5, 5.41) is 0. The van der Waals surface area contributed by atoms with Crippen LogP contribution in [0.5, 0.6) is 17.6 Å². The molecule has 29 heavy (non-hydrogen) atoms. The molecule has 0 saturated heterocycles. The number of benzene rings is 1. The molecule has 1 N–H and O–H groups in total. The van der Waals surface area contributed by atoms with E-state index in [1.54, 1.807) is 6.92 Å². The van der Waals surface area contributed by atoms with Crippen LogP contribution in [-0.4, -0.2) is 49.0 Å². The SMILES string of the molecule is CCN(C(=O)NOc1nc(C)cc(OC)n1)S(=O)(=O)c1ccccc1OC(F)F. The Kier molecular flexibility index (Phi) is 7.09. The number of hydroxylamine groups is 1. The van der Waals surface area contributed by atoms with Crippen LogP contribution in [0, 0.1) is 6.92 Å². The van der Waals surface area contributed by atoms with Gasteiger partial charge in [0.15, 0.2) is 0 Å². The van der Waals surface area contributed by atoms with Gasteiger partial charge in [-0.3, -0.25) is 0 Å². The molecule has 1 heterocycles. The molecule has 10 nitrogen and oxygen atoms in total. The number of ether oxygens (including phenoxy) is 2. The maximum absolute atomic E-state index is 12.8. The lowest BCUT2D eigenvalue weighted by molar-refractivity contribution is -0.0517. The summed E-state index contributed by atoms with van der Waals surface area (Å²) in [5.41, 5.74) is 2.37. The number of carbonyl (C=O) groups is 1. The van der Waals surface area contributed by atoms with Gasteiger partial charge in [-0.15, -0.1) is 0 Å². The lowest BCUT2D eigenvalue weighted by Crippen LogP contribution is -2.45. The minimum Gasteiger partial charge on any atom is -0.481 e. The molecule has 0 fully saturated rings. The van der Waals surface area contributed by atoms with Crippen molar-refractivity contribution in [1.82, 2.24) is 19.8 Å². The first-order valence-electron chi connectivity index (χ1n) is 8.12. The number of methoxy groups -OCH3 is 1. The predicted molar refractivity (Wildman–Crippen MR) is 95.1 cm³/mol. The topological polar surface area (TPSA) is 120 Å². The third-order valence-electron chi connectivity index (χ3n) is 3.40. The summed E-state index contributed by atoms with van der Waals surface area (Å²) >= 11 is 0. The third-order valence-corrected chi connectivity index (χ3v) is 5.29. The van der Waals surface area contributed by atoms with E-state index >= 15 is 0 Å². The van der Waals surface area contributed by atoms with Crippen molar-refractivity contribution in [3.05, 3.63) is 36.0 Å². The summed E-state index contributed by atoms with van der Waals surface area (Å²) in [5.74, 6) is -0.429. The van der Waals surface area contributed by atoms with Gasteiger partial charge in [0.1, 0.15) is 10.6 Å². The lowest BCUT2D eigenvalue weighted by atomic mass is 10.3. The fraction of sp³-hybridized carbons (Fsp3) is 0.312. The van der Waals surface area contributed by atoms with E-state index in [9.17, 15) is 22.0 Å². The maximum atomic E-state index is 12.8. The van der Waals surface area contributed by atoms with Crippen LogP contribution >= 0.6 is 0 Å². The van der Waals surface area contributed by atoms with Crippen molar-refractivity contribution in [1.29, 1.82) is 0 Å². The summed E-state index contributed by atoms with van der Waals surface area (Å²) < 4.78 is 60.3. The lowest BCUT2D eigenvalue weighted by Gasteiger charge is -2.22. The minimum absolute atomic E-state index is 0.166. The van der Waals surface area contributed by atoms with Crippen LogP contribution in [-0.2, 0) is 10.0 Å². The molecule has 1 aromatic carbocycles. The van der Waals surface area contributed by atoms with E-state index in [2.05, 4.69) is 14.7 Å². The average Bonchev–Trinajstić information content (AvgIpc) is 2.66. The first kappa shape index (κ1) is 22.1. The number of urea groups is 1. The highest BCUT2D eigenvalue weighted by Gasteiger charge is 2.32. The Morgan fingerprint density at radius 1 is 1.28 bits per heavy atom. The van der Waals surface area contributed by atoms with Gasteiger partial charge in [0.2, 0.25) is 5.88 Å². The smallest absolute Gasteiger partial charge is 0.387 e. The van der Waals surface area contributed by atoms with Gasteiger partial charge in [-0.05, 0) is 26.0 Å². The molecule has 158 valence electrons. The Labute approximate surface area is 165 Å². The van der Waals surface area contributed by atoms with E-state index < -0.39 is 33.3 Å². The molecule has 2 amide bonds. The van der Waals surface area contributed by atoms with E-state index in [4.69, 9.17) is 9.57 Å². The highest BCUT2D eigenvalue weighted by Crippen LogP contribution is 2.28. The number of para-hydroxylation sites is 1. The van der Waals surface area contributed by atoms with Crippen molar-refractivity contribution in [2.45, 2.75) is 25.4 Å². The highest BCUT2D eigenvalue weighted by atomic mass is 32.2. The summed E-state index contributed by atoms with van der Waals surface area (Å²) in [6, 6.07) is 4.75. The van der Waals surface area contributed by atoms with E-state index in [0.29, 0.717) is 10.00 Å². The van der Waals surface area contributed by atoms with Gasteiger partial charge in [0.25, 0.3) is 10.0 Å². The molecule has 0 aliphatic carbocycles. The Bertz CT molecular complexity index is 974. The number of nitrogens with zero attached hydrogens (tertiary/aromatic N) is 3. The van der Waals surface area contributed by atoms with Crippen molar-refractivity contribution in [3.8, 4) is 17.6 Å². The molecule has 13 heteroatoms. The average molecular weight is 432 g/mol. The second-order valence-corrected chi connectivity index (χ2v) is 7.17. The van der Waals surface area contributed by atoms with E-state index in [1.165, 1.54) is 32.2 Å². The zero-order valence-corrected chi connectivity index (χ0v) is 16.4. The zero-order valence-electron chi connectivity index (χ0n) is 15.6. The van der Waals surface area contributed by atoms with Crippen LogP contribution in [0.1, 0.15) is 12.6 Å². The van der Waals surface area contributed by atoms with E-state index in [1.807, 2.05) is 5.48 Å². The zero-order chi connectivity index (χ0) is 21.6. The van der Waals surface area contributed by atoms with E-state index in [0.717, 1.165) is 12.1 Å². The van der Waals surface area contributed by atoms with Gasteiger partial charge in [0.05, 0.1) is 7.11 Å². The Morgan fingerprint density at radius 3 is 2.59 bits per heavy atom. The molecular weight excluding hydrogens is 414 g/mol. The standard InChI is InChI=1S/C16H18F2N4O6S/c1-4-22(16(23)21-28-15-19-10(2)9-13(20-15)26-3)29(24,25)12-8-6-5-7-11(12)27-14(17)18/h5-9,14H,4H2,1-3H3,(H,21,23). The van der Waals surface area contributed by atoms with E-state index in [-0.39, 0.29) is 18.4 Å². The second-order valence-electron chi connectivity index (χ2n) is 5.34. The third kappa shape index (κ3) is 5.40. The van der Waals surface area contributed by atoms with Crippen molar-refractivity contribution in [3.63, 3.8) is 0 Å². The molecule has 1 aromatic heterocycles. The quantitative estimate of drug-likeness (QED) is 0.630. The van der Waals surface area contributed by atoms with Gasteiger partial charge < -0.3 is 14.3 Å². The van der Waals surface area contributed by atoms with Crippen LogP contribution < -0.4 is 19.8 Å². The molecule has 0 aliphatic rings. The fourth-order valence-corrected chi connectivity index (χ4v) is 3.66. The Hall–Kier alpha value is -3.22. The molecular formula is C16H18F2N4O6S. The highest BCUT2D eigenvalue weighted by molar-refractivity contribution is 7.89. The molecule has 2 rings (SSSR count). The minimum atomic E-state index is -4.53. The monoisotopic (exact) mass is 432 g/mol. The fourth-order valence-electron chi connectivity index (χ4n) is 2.20. The number of aryl methyl sites for hydroxylation is 1. The van der Waals surface area contributed by atoms with Crippen molar-refractivity contribution in [2.75, 3.05) is 13.7 Å². The molecule has 0 radical (unpaired) electrons. The second kappa shape index (κ2) is 9.32. The number of hydrogen-bond acceptors (Lipinski definition) is 8. The first-order valence-corrected chi connectivity index (χ1v) is 9.56. The molecule has 0 saturated carbocycles. The molecule has 0 unspecified atom stereocenters. The van der Waals surface area contributed by atoms with Gasteiger partial charge >= 0.3 is 18.7 Å². The predicted octanol–water partition coefficient (Wildman–Crippen LogP) is 2.11. The van der Waals surface area contributed by atoms with Gasteiger partial charge in [0, 0.05) is 18.3 Å². The summed E-state index contributed by atoms with van der Waals surface area (Å²) in [4.78, 5) is 24.5. The van der Waals surface area contributed by atoms with Crippen LogP contribution in [0.15, 0.2) is 35.2 Å². The molecule has 2 aromatic rings. The van der Waals surface area contributed by atoms with Crippen molar-refractivity contribution < 1.29 is 36.3 Å². The molecule has 0 atom stereocenters. The van der Waals surface area contributed by atoms with Crippen LogP contribution in [0.2, 0.25) is 0 Å². The summed E-state index contributed by atoms with van der Waals surface area (Å²) in [6.45, 7) is -0.563. The number of sulfonamides is 1. The summed E-state index contributed by atoms with van der Waals surface area (Å²) in [6.07, 6.45) is 0. The Balaban J connectivity index is 2.24. The molecule has 0 spiro atoms. The molecule has 0 aliphatic heterocycles. The number of nitrogens with one attached hydrogen (secondary N) is 1. The van der Waals surface area contributed by atoms with Crippen LogP contribution in [0.25, 0.3) is 0 Å². The summed E-state index contributed by atoms with van der Waals surface area (Å²) in [7, 11) is -3.17. The number of hydrogen-bond donors (Lipinski definition) is 1. The number of rotatable bonds is 8. The number of amides is 2. The largest absolute Gasteiger partial charge is 0.481 e. The number of alkyl halides is 2. The number of aromatic nitrogens is 2. The number of halogens is 2. The Morgan fingerprint density at radius 2 is 1.97 bits per heavy atom. The molecule has 0 bridgehead atoms. The normalized spacial score (nSPS) is 11.1. The van der Waals surface area contributed by atoms with Crippen molar-refractivity contribution in [2.24, 2.45) is 0 Å². The maximum Gasteiger partial charge on any atom is 0.387 e. The van der Waals surface area contributed by atoms with Gasteiger partial charge in [-0.1, -0.05) is 12.1 Å².